The second kappa shape index (κ2) is 5.91. The molecule has 0 radical (unpaired) electrons. The lowest BCUT2D eigenvalue weighted by Crippen LogP contribution is -2.42. The Labute approximate surface area is 108 Å². The van der Waals surface area contributed by atoms with E-state index in [-0.39, 0.29) is 11.9 Å². The Morgan fingerprint density at radius 3 is 3.12 bits per heavy atom. The van der Waals surface area contributed by atoms with E-state index in [0.29, 0.717) is 25.2 Å². The van der Waals surface area contributed by atoms with Crippen molar-refractivity contribution in [2.75, 3.05) is 19.8 Å². The number of benzene rings is 1. The molecule has 1 saturated heterocycles. The van der Waals surface area contributed by atoms with Crippen LogP contribution in [-0.4, -0.2) is 30.9 Å². The summed E-state index contributed by atoms with van der Waals surface area (Å²) in [6.07, 6.45) is -0.361. The summed E-state index contributed by atoms with van der Waals surface area (Å²) in [4.78, 5) is 0. The maximum atomic E-state index is 13.5. The van der Waals surface area contributed by atoms with Gasteiger partial charge in [0.2, 0.25) is 0 Å². The van der Waals surface area contributed by atoms with Crippen molar-refractivity contribution in [1.29, 1.82) is 0 Å². The fourth-order valence-corrected chi connectivity index (χ4v) is 2.32. The number of rotatable bonds is 3. The molecule has 0 aliphatic carbocycles. The quantitative estimate of drug-likeness (QED) is 0.897. The Bertz CT molecular complexity index is 383. The van der Waals surface area contributed by atoms with Crippen molar-refractivity contribution in [2.45, 2.75) is 18.6 Å². The van der Waals surface area contributed by atoms with Crippen LogP contribution in [0.15, 0.2) is 22.7 Å². The molecule has 1 aliphatic heterocycles. The van der Waals surface area contributed by atoms with Crippen LogP contribution in [0.25, 0.3) is 0 Å². The molecule has 0 amide bonds. The van der Waals surface area contributed by atoms with Crippen molar-refractivity contribution in [3.8, 4) is 0 Å². The topological polar surface area (TPSA) is 41.5 Å². The highest BCUT2D eigenvalue weighted by Crippen LogP contribution is 2.25. The highest BCUT2D eigenvalue weighted by Gasteiger charge is 2.20. The smallest absolute Gasteiger partial charge is 0.129 e. The zero-order chi connectivity index (χ0) is 12.3. The van der Waals surface area contributed by atoms with Gasteiger partial charge in [0.05, 0.1) is 19.3 Å². The number of halogens is 2. The van der Waals surface area contributed by atoms with Gasteiger partial charge in [-0.1, -0.05) is 15.9 Å². The molecule has 1 fully saturated rings. The standard InChI is InChI=1S/C12H15BrFNO2/c13-8-1-2-11(14)10(5-8)12(16)6-9-7-17-4-3-15-9/h1-2,5,9,12,15-16H,3-4,6-7H2. The van der Waals surface area contributed by atoms with Gasteiger partial charge in [0.1, 0.15) is 5.82 Å². The average Bonchev–Trinajstić information content (AvgIpc) is 2.33. The number of morpholine rings is 1. The van der Waals surface area contributed by atoms with Crippen LogP contribution in [0, 0.1) is 5.82 Å². The third-order valence-corrected chi connectivity index (χ3v) is 3.32. The van der Waals surface area contributed by atoms with Crippen LogP contribution in [0.3, 0.4) is 0 Å². The average molecular weight is 304 g/mol. The highest BCUT2D eigenvalue weighted by atomic mass is 79.9. The minimum absolute atomic E-state index is 0.0807. The van der Waals surface area contributed by atoms with Gasteiger partial charge in [0, 0.05) is 22.6 Å². The first-order valence-electron chi connectivity index (χ1n) is 5.61. The molecule has 2 N–H and O–H groups in total. The molecular weight excluding hydrogens is 289 g/mol. The molecule has 0 spiro atoms. The number of ether oxygens (including phenoxy) is 1. The van der Waals surface area contributed by atoms with Gasteiger partial charge >= 0.3 is 0 Å². The predicted molar refractivity (Wildman–Crippen MR) is 66.3 cm³/mol. The zero-order valence-electron chi connectivity index (χ0n) is 9.33. The Hall–Kier alpha value is -0.490. The first-order valence-corrected chi connectivity index (χ1v) is 6.40. The van der Waals surface area contributed by atoms with Crippen LogP contribution >= 0.6 is 15.9 Å². The van der Waals surface area contributed by atoms with E-state index < -0.39 is 6.10 Å². The molecule has 3 nitrogen and oxygen atoms in total. The van der Waals surface area contributed by atoms with E-state index in [0.717, 1.165) is 11.0 Å². The second-order valence-electron chi connectivity index (χ2n) is 4.14. The van der Waals surface area contributed by atoms with Crippen molar-refractivity contribution in [2.24, 2.45) is 0 Å². The first kappa shape index (κ1) is 13.0. The Kier molecular flexibility index (Phi) is 4.50. The zero-order valence-corrected chi connectivity index (χ0v) is 10.9. The maximum absolute atomic E-state index is 13.5. The van der Waals surface area contributed by atoms with Gasteiger partial charge in [-0.25, -0.2) is 4.39 Å². The first-order chi connectivity index (χ1) is 8.16. The van der Waals surface area contributed by atoms with E-state index in [2.05, 4.69) is 21.2 Å². The lowest BCUT2D eigenvalue weighted by atomic mass is 10.0. The van der Waals surface area contributed by atoms with E-state index >= 15 is 0 Å². The lowest BCUT2D eigenvalue weighted by Gasteiger charge is -2.26. The third kappa shape index (κ3) is 3.48. The molecule has 2 atom stereocenters. The monoisotopic (exact) mass is 303 g/mol. The summed E-state index contributed by atoms with van der Waals surface area (Å²) in [6, 6.07) is 4.67. The summed E-state index contributed by atoms with van der Waals surface area (Å²) >= 11 is 3.27. The minimum atomic E-state index is -0.813. The summed E-state index contributed by atoms with van der Waals surface area (Å²) < 4.78 is 19.6. The number of hydrogen-bond donors (Lipinski definition) is 2. The molecule has 1 heterocycles. The molecule has 1 aromatic carbocycles. The SMILES string of the molecule is OC(CC1COCCN1)c1cc(Br)ccc1F. The molecule has 2 rings (SSSR count). The molecular formula is C12H15BrFNO2. The summed E-state index contributed by atoms with van der Waals surface area (Å²) in [7, 11) is 0. The van der Waals surface area contributed by atoms with Crippen LogP contribution in [0.4, 0.5) is 4.39 Å². The predicted octanol–water partition coefficient (Wildman–Crippen LogP) is 2.00. The van der Waals surface area contributed by atoms with Crippen molar-refractivity contribution < 1.29 is 14.2 Å². The van der Waals surface area contributed by atoms with Crippen molar-refractivity contribution in [3.05, 3.63) is 34.1 Å². The summed E-state index contributed by atoms with van der Waals surface area (Å²) in [6.45, 7) is 2.03. The van der Waals surface area contributed by atoms with Gasteiger partial charge in [0.25, 0.3) is 0 Å². The van der Waals surface area contributed by atoms with Crippen molar-refractivity contribution >= 4 is 15.9 Å². The molecule has 1 aliphatic rings. The fraction of sp³-hybridized carbons (Fsp3) is 0.500. The van der Waals surface area contributed by atoms with Crippen LogP contribution in [-0.2, 0) is 4.74 Å². The van der Waals surface area contributed by atoms with E-state index in [1.54, 1.807) is 12.1 Å². The van der Waals surface area contributed by atoms with Crippen LogP contribution in [0.1, 0.15) is 18.1 Å². The molecule has 1 aromatic rings. The normalized spacial score (nSPS) is 22.4. The third-order valence-electron chi connectivity index (χ3n) is 2.82. The Balaban J connectivity index is 2.02. The minimum Gasteiger partial charge on any atom is -0.388 e. The maximum Gasteiger partial charge on any atom is 0.129 e. The molecule has 0 aromatic heterocycles. The van der Waals surface area contributed by atoms with Gasteiger partial charge in [-0.2, -0.15) is 0 Å². The van der Waals surface area contributed by atoms with Gasteiger partial charge in [-0.15, -0.1) is 0 Å². The second-order valence-corrected chi connectivity index (χ2v) is 5.06. The van der Waals surface area contributed by atoms with Crippen LogP contribution in [0.2, 0.25) is 0 Å². The van der Waals surface area contributed by atoms with E-state index in [1.807, 2.05) is 0 Å². The van der Waals surface area contributed by atoms with E-state index in [4.69, 9.17) is 4.74 Å². The summed E-state index contributed by atoms with van der Waals surface area (Å²) in [5.41, 5.74) is 0.326. The Morgan fingerprint density at radius 1 is 1.59 bits per heavy atom. The molecule has 17 heavy (non-hydrogen) atoms. The molecule has 2 unspecified atom stereocenters. The molecule has 0 bridgehead atoms. The summed E-state index contributed by atoms with van der Waals surface area (Å²) in [5.74, 6) is -0.377. The largest absolute Gasteiger partial charge is 0.388 e. The Morgan fingerprint density at radius 2 is 2.41 bits per heavy atom. The van der Waals surface area contributed by atoms with Gasteiger partial charge in [-0.3, -0.25) is 0 Å². The number of nitrogens with one attached hydrogen (secondary N) is 1. The van der Waals surface area contributed by atoms with Gasteiger partial charge < -0.3 is 15.2 Å². The van der Waals surface area contributed by atoms with Gasteiger partial charge in [0.15, 0.2) is 0 Å². The van der Waals surface area contributed by atoms with Crippen LogP contribution < -0.4 is 5.32 Å². The van der Waals surface area contributed by atoms with Crippen molar-refractivity contribution in [1.82, 2.24) is 5.32 Å². The van der Waals surface area contributed by atoms with E-state index in [1.165, 1.54) is 6.07 Å². The fourth-order valence-electron chi connectivity index (χ4n) is 1.94. The number of aliphatic hydroxyl groups excluding tert-OH is 1. The van der Waals surface area contributed by atoms with Gasteiger partial charge in [-0.05, 0) is 24.6 Å². The van der Waals surface area contributed by atoms with Crippen molar-refractivity contribution in [3.63, 3.8) is 0 Å². The number of aliphatic hydroxyl groups is 1. The number of hydrogen-bond acceptors (Lipinski definition) is 3. The lowest BCUT2D eigenvalue weighted by molar-refractivity contribution is 0.0511. The van der Waals surface area contributed by atoms with Crippen LogP contribution in [0.5, 0.6) is 0 Å². The molecule has 0 saturated carbocycles. The highest BCUT2D eigenvalue weighted by molar-refractivity contribution is 9.10. The summed E-state index contributed by atoms with van der Waals surface area (Å²) in [5, 5.41) is 13.3. The van der Waals surface area contributed by atoms with E-state index in [9.17, 15) is 9.50 Å². The molecule has 5 heteroatoms. The molecule has 94 valence electrons.